The van der Waals surface area contributed by atoms with Crippen LogP contribution in [0.5, 0.6) is 0 Å². The average molecular weight is 492 g/mol. The van der Waals surface area contributed by atoms with E-state index in [0.29, 0.717) is 25.0 Å². The summed E-state index contributed by atoms with van der Waals surface area (Å²) in [6.45, 7) is 13.8. The van der Waals surface area contributed by atoms with Crippen molar-refractivity contribution >= 4 is 11.9 Å². The van der Waals surface area contributed by atoms with Crippen molar-refractivity contribution in [2.24, 2.45) is 21.5 Å². The molecule has 0 aliphatic rings. The highest BCUT2D eigenvalue weighted by Crippen LogP contribution is 2.07. The maximum absolute atomic E-state index is 5.85. The zero-order valence-corrected chi connectivity index (χ0v) is 23.4. The van der Waals surface area contributed by atoms with Crippen LogP contribution in [0.4, 0.5) is 0 Å². The van der Waals surface area contributed by atoms with Gasteiger partial charge in [-0.2, -0.15) is 0 Å². The van der Waals surface area contributed by atoms with Crippen molar-refractivity contribution in [1.29, 1.82) is 0 Å². The Morgan fingerprint density at radius 3 is 1.17 bits per heavy atom. The van der Waals surface area contributed by atoms with Crippen molar-refractivity contribution in [3.63, 3.8) is 0 Å². The largest absolute Gasteiger partial charge is 0.370 e. The van der Waals surface area contributed by atoms with Gasteiger partial charge in [0.15, 0.2) is 11.9 Å². The molecule has 0 spiro atoms. The van der Waals surface area contributed by atoms with Gasteiger partial charge in [-0.05, 0) is 66.5 Å². The minimum absolute atomic E-state index is 0.557. The van der Waals surface area contributed by atoms with Crippen LogP contribution in [0.2, 0.25) is 0 Å². The molecule has 0 aliphatic carbocycles. The highest BCUT2D eigenvalue weighted by molar-refractivity contribution is 5.78. The first-order valence-corrected chi connectivity index (χ1v) is 14.0. The molecule has 0 heterocycles. The molecule has 0 unspecified atom stereocenters. The second-order valence-electron chi connectivity index (χ2n) is 9.86. The van der Waals surface area contributed by atoms with E-state index in [2.05, 4.69) is 65.8 Å². The molecule has 0 bridgehead atoms. The van der Waals surface area contributed by atoms with E-state index in [1.165, 1.54) is 75.4 Å². The lowest BCUT2D eigenvalue weighted by molar-refractivity contribution is 0.537. The number of nitrogens with two attached hydrogens (primary N) is 2. The highest BCUT2D eigenvalue weighted by atomic mass is 15.1. The Labute approximate surface area is 216 Å². The minimum atomic E-state index is 0.557. The van der Waals surface area contributed by atoms with Crippen LogP contribution in [0.3, 0.4) is 0 Å². The summed E-state index contributed by atoms with van der Waals surface area (Å²) in [4.78, 5) is 8.57. The van der Waals surface area contributed by atoms with Crippen molar-refractivity contribution in [3.8, 4) is 0 Å². The molecule has 0 rings (SSSR count). The molecule has 7 heteroatoms. The SMILES string of the molecule is CC(C)=CCN=C(N)NCCCCCCCCCNCCCCCCCNC(N)=NCC=C(C)C. The highest BCUT2D eigenvalue weighted by Gasteiger charge is 1.96. The van der Waals surface area contributed by atoms with Crippen molar-refractivity contribution in [2.75, 3.05) is 39.3 Å². The predicted molar refractivity (Wildman–Crippen MR) is 156 cm³/mol. The van der Waals surface area contributed by atoms with Crippen LogP contribution in [-0.2, 0) is 0 Å². The number of unbranched alkanes of at least 4 members (excludes halogenated alkanes) is 10. The lowest BCUT2D eigenvalue weighted by atomic mass is 10.1. The molecule has 0 aromatic carbocycles. The van der Waals surface area contributed by atoms with E-state index in [0.717, 1.165) is 39.0 Å². The second kappa shape index (κ2) is 25.1. The summed E-state index contributed by atoms with van der Waals surface area (Å²) < 4.78 is 0. The molecule has 0 saturated carbocycles. The Morgan fingerprint density at radius 2 is 0.829 bits per heavy atom. The zero-order valence-electron chi connectivity index (χ0n) is 23.4. The third-order valence-electron chi connectivity index (χ3n) is 5.70. The molecule has 7 nitrogen and oxygen atoms in total. The first-order valence-electron chi connectivity index (χ1n) is 14.0. The number of nitrogens with zero attached hydrogens (tertiary/aromatic N) is 2. The summed E-state index contributed by atoms with van der Waals surface area (Å²) in [7, 11) is 0. The summed E-state index contributed by atoms with van der Waals surface area (Å²) in [5.41, 5.74) is 14.2. The maximum atomic E-state index is 5.85. The molecule has 204 valence electrons. The number of allylic oxidation sites excluding steroid dienone is 2. The van der Waals surface area contributed by atoms with E-state index in [1.807, 2.05) is 0 Å². The standard InChI is InChI=1S/C28H57N7/c1-25(2)17-23-34-27(29)32-21-15-11-7-5-6-9-13-19-31-20-14-10-8-12-16-22-33-28(30)35-24-18-26(3)4/h17-18,31H,5-16,19-24H2,1-4H3,(H3,29,32,34)(H3,30,33,35). The topological polar surface area (TPSA) is 113 Å². The normalized spacial score (nSPS) is 11.9. The molecule has 0 saturated heterocycles. The Morgan fingerprint density at radius 1 is 0.514 bits per heavy atom. The molecule has 0 amide bonds. The number of aliphatic imine (C=N–C) groups is 2. The minimum Gasteiger partial charge on any atom is -0.370 e. The lowest BCUT2D eigenvalue weighted by Gasteiger charge is -2.07. The summed E-state index contributed by atoms with van der Waals surface area (Å²) in [5, 5.41) is 9.99. The van der Waals surface area contributed by atoms with Crippen molar-refractivity contribution in [2.45, 2.75) is 105 Å². The van der Waals surface area contributed by atoms with Gasteiger partial charge in [0, 0.05) is 13.1 Å². The van der Waals surface area contributed by atoms with Crippen LogP contribution in [0.15, 0.2) is 33.3 Å². The van der Waals surface area contributed by atoms with Gasteiger partial charge in [0.25, 0.3) is 0 Å². The summed E-state index contributed by atoms with van der Waals surface area (Å²) >= 11 is 0. The van der Waals surface area contributed by atoms with Gasteiger partial charge in [-0.1, -0.05) is 74.7 Å². The summed E-state index contributed by atoms with van der Waals surface area (Å²) in [5.74, 6) is 1.12. The van der Waals surface area contributed by atoms with Gasteiger partial charge in [-0.25, -0.2) is 9.98 Å². The smallest absolute Gasteiger partial charge is 0.188 e. The van der Waals surface area contributed by atoms with Crippen LogP contribution >= 0.6 is 0 Å². The van der Waals surface area contributed by atoms with Gasteiger partial charge >= 0.3 is 0 Å². The predicted octanol–water partition coefficient (Wildman–Crippen LogP) is 5.00. The van der Waals surface area contributed by atoms with E-state index in [-0.39, 0.29) is 0 Å². The Hall–Kier alpha value is -2.02. The molecule has 0 fully saturated rings. The molecular formula is C28H57N7. The Kier molecular flexibility index (Phi) is 23.6. The fourth-order valence-corrected chi connectivity index (χ4v) is 3.49. The number of nitrogens with one attached hydrogen (secondary N) is 3. The monoisotopic (exact) mass is 491 g/mol. The number of rotatable bonds is 22. The third kappa shape index (κ3) is 28.1. The van der Waals surface area contributed by atoms with Gasteiger partial charge in [0.2, 0.25) is 0 Å². The lowest BCUT2D eigenvalue weighted by Crippen LogP contribution is -2.32. The number of hydrogen-bond acceptors (Lipinski definition) is 3. The molecule has 0 radical (unpaired) electrons. The first kappa shape index (κ1) is 33.0. The van der Waals surface area contributed by atoms with Gasteiger partial charge in [0.1, 0.15) is 0 Å². The van der Waals surface area contributed by atoms with Crippen LogP contribution in [0, 0.1) is 0 Å². The fourth-order valence-electron chi connectivity index (χ4n) is 3.49. The van der Waals surface area contributed by atoms with Crippen LogP contribution < -0.4 is 27.4 Å². The number of guanidine groups is 2. The molecular weight excluding hydrogens is 434 g/mol. The van der Waals surface area contributed by atoms with Gasteiger partial charge < -0.3 is 27.4 Å². The van der Waals surface area contributed by atoms with Gasteiger partial charge in [-0.3, -0.25) is 0 Å². The summed E-state index contributed by atoms with van der Waals surface area (Å²) in [6.07, 6.45) is 19.5. The fraction of sp³-hybridized carbons (Fsp3) is 0.786. The maximum Gasteiger partial charge on any atom is 0.188 e. The van der Waals surface area contributed by atoms with Crippen molar-refractivity contribution in [3.05, 3.63) is 23.3 Å². The van der Waals surface area contributed by atoms with Crippen molar-refractivity contribution < 1.29 is 0 Å². The van der Waals surface area contributed by atoms with E-state index in [9.17, 15) is 0 Å². The molecule has 35 heavy (non-hydrogen) atoms. The Bertz CT molecular complexity index is 548. The van der Waals surface area contributed by atoms with E-state index in [1.54, 1.807) is 0 Å². The van der Waals surface area contributed by atoms with Gasteiger partial charge in [0.05, 0.1) is 13.1 Å². The molecule has 0 aliphatic heterocycles. The molecule has 7 N–H and O–H groups in total. The second-order valence-corrected chi connectivity index (χ2v) is 9.86. The van der Waals surface area contributed by atoms with Crippen LogP contribution in [0.25, 0.3) is 0 Å². The van der Waals surface area contributed by atoms with E-state index in [4.69, 9.17) is 11.5 Å². The molecule has 0 atom stereocenters. The van der Waals surface area contributed by atoms with E-state index >= 15 is 0 Å². The van der Waals surface area contributed by atoms with E-state index < -0.39 is 0 Å². The van der Waals surface area contributed by atoms with Gasteiger partial charge in [-0.15, -0.1) is 0 Å². The molecule has 0 aromatic rings. The Balaban J connectivity index is 3.27. The van der Waals surface area contributed by atoms with Crippen LogP contribution in [-0.4, -0.2) is 51.2 Å². The zero-order chi connectivity index (χ0) is 26.0. The summed E-state index contributed by atoms with van der Waals surface area (Å²) in [6, 6.07) is 0. The average Bonchev–Trinajstić information content (AvgIpc) is 2.80. The third-order valence-corrected chi connectivity index (χ3v) is 5.70. The van der Waals surface area contributed by atoms with Crippen LogP contribution in [0.1, 0.15) is 105 Å². The first-order chi connectivity index (χ1) is 16.9. The van der Waals surface area contributed by atoms with Crippen molar-refractivity contribution in [1.82, 2.24) is 16.0 Å². The number of hydrogen-bond donors (Lipinski definition) is 5. The quantitative estimate of drug-likeness (QED) is 0.0633. The molecule has 0 aromatic heterocycles.